The molecule has 5 nitrogen and oxygen atoms in total. The fourth-order valence-electron chi connectivity index (χ4n) is 2.16. The van der Waals surface area contributed by atoms with Gasteiger partial charge in [-0.2, -0.15) is 0 Å². The number of aliphatic hydroxyl groups excluding tert-OH is 1. The van der Waals surface area contributed by atoms with Gasteiger partial charge >= 0.3 is 0 Å². The van der Waals surface area contributed by atoms with Crippen molar-refractivity contribution in [3.63, 3.8) is 0 Å². The molecule has 1 saturated carbocycles. The number of anilines is 1. The highest BCUT2D eigenvalue weighted by molar-refractivity contribution is 9.10. The van der Waals surface area contributed by atoms with E-state index in [1.807, 2.05) is 16.8 Å². The molecule has 0 unspecified atom stereocenters. The van der Waals surface area contributed by atoms with E-state index in [4.69, 9.17) is 0 Å². The number of hydrogen-bond acceptors (Lipinski definition) is 4. The van der Waals surface area contributed by atoms with Crippen LogP contribution in [0.3, 0.4) is 0 Å². The number of rotatable bonds is 3. The minimum absolute atomic E-state index is 0.133. The molecule has 2 heterocycles. The molecule has 2 aromatic rings. The summed E-state index contributed by atoms with van der Waals surface area (Å²) in [6.07, 6.45) is 8.57. The maximum atomic E-state index is 9.46. The summed E-state index contributed by atoms with van der Waals surface area (Å²) in [7, 11) is 0. The van der Waals surface area contributed by atoms with Crippen molar-refractivity contribution in [2.75, 3.05) is 11.9 Å². The van der Waals surface area contributed by atoms with Crippen molar-refractivity contribution in [2.45, 2.75) is 24.8 Å². The van der Waals surface area contributed by atoms with Crippen molar-refractivity contribution in [1.29, 1.82) is 0 Å². The highest BCUT2D eigenvalue weighted by Crippen LogP contribution is 2.35. The quantitative estimate of drug-likeness (QED) is 0.907. The van der Waals surface area contributed by atoms with Gasteiger partial charge in [0.25, 0.3) is 0 Å². The second-order valence-corrected chi connectivity index (χ2v) is 5.30. The largest absolute Gasteiger partial charge is 0.394 e. The Balaban J connectivity index is 2.01. The Kier molecular flexibility index (Phi) is 2.56. The van der Waals surface area contributed by atoms with E-state index in [1.54, 1.807) is 6.20 Å². The molecule has 1 aliphatic rings. The molecule has 6 heteroatoms. The minimum Gasteiger partial charge on any atom is -0.394 e. The molecule has 0 aromatic carbocycles. The second-order valence-electron chi connectivity index (χ2n) is 4.49. The third kappa shape index (κ3) is 1.81. The Morgan fingerprint density at radius 1 is 1.53 bits per heavy atom. The molecule has 1 fully saturated rings. The minimum atomic E-state index is -0.208. The summed E-state index contributed by atoms with van der Waals surface area (Å²) >= 11 is 3.38. The molecule has 0 atom stereocenters. The number of nitrogens with one attached hydrogen (secondary N) is 1. The summed E-state index contributed by atoms with van der Waals surface area (Å²) < 4.78 is 2.65. The third-order valence-electron chi connectivity index (χ3n) is 3.34. The summed E-state index contributed by atoms with van der Waals surface area (Å²) in [5.74, 6) is 0.720. The topological polar surface area (TPSA) is 62.5 Å². The second kappa shape index (κ2) is 3.96. The molecule has 2 aromatic heterocycles. The number of halogens is 1. The summed E-state index contributed by atoms with van der Waals surface area (Å²) in [6, 6.07) is 0. The van der Waals surface area contributed by atoms with Crippen LogP contribution in [0.5, 0.6) is 0 Å². The number of aliphatic hydroxyl groups is 1. The van der Waals surface area contributed by atoms with Gasteiger partial charge in [-0.15, -0.1) is 0 Å². The van der Waals surface area contributed by atoms with Crippen molar-refractivity contribution in [2.24, 2.45) is 0 Å². The smallest absolute Gasteiger partial charge is 0.180 e. The molecule has 1 aliphatic carbocycles. The van der Waals surface area contributed by atoms with E-state index in [0.29, 0.717) is 0 Å². The zero-order chi connectivity index (χ0) is 11.9. The third-order valence-corrected chi connectivity index (χ3v) is 3.72. The average molecular weight is 297 g/mol. The molecule has 0 radical (unpaired) electrons. The van der Waals surface area contributed by atoms with Crippen molar-refractivity contribution < 1.29 is 5.11 Å². The Bertz CT molecular complexity index is 544. The number of nitrogens with zero attached hydrogens (tertiary/aromatic N) is 3. The van der Waals surface area contributed by atoms with Crippen molar-refractivity contribution in [3.05, 3.63) is 23.2 Å². The van der Waals surface area contributed by atoms with E-state index >= 15 is 0 Å². The first-order valence-corrected chi connectivity index (χ1v) is 6.40. The average Bonchev–Trinajstić information content (AvgIpc) is 2.71. The fraction of sp³-hybridized carbons (Fsp3) is 0.455. The van der Waals surface area contributed by atoms with E-state index in [0.717, 1.165) is 35.3 Å². The van der Waals surface area contributed by atoms with Gasteiger partial charge in [0.1, 0.15) is 4.60 Å². The van der Waals surface area contributed by atoms with Crippen LogP contribution in [0.15, 0.2) is 23.2 Å². The number of imidazole rings is 1. The summed E-state index contributed by atoms with van der Waals surface area (Å²) in [4.78, 5) is 8.67. The van der Waals surface area contributed by atoms with Crippen molar-refractivity contribution in [3.8, 4) is 0 Å². The van der Waals surface area contributed by atoms with E-state index in [-0.39, 0.29) is 12.1 Å². The first-order chi connectivity index (χ1) is 8.22. The SMILES string of the molecule is OCC1(Nc2nc(Br)cn3ccnc23)CCC1. The lowest BCUT2D eigenvalue weighted by Gasteiger charge is -2.41. The molecular formula is C11H13BrN4O. The summed E-state index contributed by atoms with van der Waals surface area (Å²) in [5.41, 5.74) is 0.577. The maximum absolute atomic E-state index is 9.46. The number of fused-ring (bicyclic) bond motifs is 1. The van der Waals surface area contributed by atoms with E-state index in [1.165, 1.54) is 0 Å². The predicted octanol–water partition coefficient (Wildman–Crippen LogP) is 1.82. The number of hydrogen-bond donors (Lipinski definition) is 2. The fourth-order valence-corrected chi connectivity index (χ4v) is 2.56. The number of aromatic nitrogens is 3. The van der Waals surface area contributed by atoms with Crippen LogP contribution < -0.4 is 5.32 Å². The van der Waals surface area contributed by atoms with Gasteiger partial charge < -0.3 is 14.8 Å². The first-order valence-electron chi connectivity index (χ1n) is 5.61. The van der Waals surface area contributed by atoms with E-state index in [2.05, 4.69) is 31.2 Å². The van der Waals surface area contributed by atoms with Crippen LogP contribution in [0.1, 0.15) is 19.3 Å². The lowest BCUT2D eigenvalue weighted by molar-refractivity contribution is 0.144. The highest BCUT2D eigenvalue weighted by Gasteiger charge is 2.37. The zero-order valence-corrected chi connectivity index (χ0v) is 10.8. The zero-order valence-electron chi connectivity index (χ0n) is 9.23. The normalized spacial score (nSPS) is 18.0. The van der Waals surface area contributed by atoms with Crippen molar-refractivity contribution in [1.82, 2.24) is 14.4 Å². The molecule has 2 N–H and O–H groups in total. The molecule has 0 saturated heterocycles. The molecule has 17 heavy (non-hydrogen) atoms. The summed E-state index contributed by atoms with van der Waals surface area (Å²) in [6.45, 7) is 0.133. The Hall–Kier alpha value is -1.14. The molecule has 0 aliphatic heterocycles. The lowest BCUT2D eigenvalue weighted by atomic mass is 9.77. The monoisotopic (exact) mass is 296 g/mol. The molecule has 0 amide bonds. The van der Waals surface area contributed by atoms with Gasteiger partial charge in [0.15, 0.2) is 11.5 Å². The van der Waals surface area contributed by atoms with Gasteiger partial charge in [0, 0.05) is 18.6 Å². The van der Waals surface area contributed by atoms with E-state index in [9.17, 15) is 5.11 Å². The van der Waals surface area contributed by atoms with Crippen LogP contribution in [-0.2, 0) is 0 Å². The van der Waals surface area contributed by atoms with Crippen LogP contribution in [0.2, 0.25) is 0 Å². The first kappa shape index (κ1) is 11.0. The molecule has 3 rings (SSSR count). The van der Waals surface area contributed by atoms with Gasteiger partial charge in [0.2, 0.25) is 0 Å². The van der Waals surface area contributed by atoms with Crippen LogP contribution in [0, 0.1) is 0 Å². The van der Waals surface area contributed by atoms with E-state index < -0.39 is 0 Å². The van der Waals surface area contributed by atoms with Gasteiger partial charge in [-0.1, -0.05) is 0 Å². The highest BCUT2D eigenvalue weighted by atomic mass is 79.9. The molecule has 90 valence electrons. The standard InChI is InChI=1S/C11H13BrN4O/c12-8-6-16-5-4-13-10(16)9(14-8)15-11(7-17)2-1-3-11/h4-6,17H,1-3,7H2,(H,14,15). The van der Waals surface area contributed by atoms with Crippen LogP contribution in [-0.4, -0.2) is 31.6 Å². The Morgan fingerprint density at radius 2 is 2.35 bits per heavy atom. The van der Waals surface area contributed by atoms with Gasteiger partial charge in [-0.05, 0) is 35.2 Å². The summed E-state index contributed by atoms with van der Waals surface area (Å²) in [5, 5.41) is 12.8. The van der Waals surface area contributed by atoms with Gasteiger partial charge in [0.05, 0.1) is 12.1 Å². The van der Waals surface area contributed by atoms with Crippen LogP contribution >= 0.6 is 15.9 Å². The maximum Gasteiger partial charge on any atom is 0.180 e. The molecule has 0 spiro atoms. The Labute approximate surface area is 107 Å². The van der Waals surface area contributed by atoms with Crippen molar-refractivity contribution >= 4 is 27.4 Å². The van der Waals surface area contributed by atoms with Crippen LogP contribution in [0.4, 0.5) is 5.82 Å². The Morgan fingerprint density at radius 3 is 3.00 bits per heavy atom. The lowest BCUT2D eigenvalue weighted by Crippen LogP contribution is -2.48. The van der Waals surface area contributed by atoms with Crippen LogP contribution in [0.25, 0.3) is 5.65 Å². The molecular weight excluding hydrogens is 284 g/mol. The predicted molar refractivity (Wildman–Crippen MR) is 68.0 cm³/mol. The van der Waals surface area contributed by atoms with Gasteiger partial charge in [-0.3, -0.25) is 0 Å². The van der Waals surface area contributed by atoms with Gasteiger partial charge in [-0.25, -0.2) is 9.97 Å². The molecule has 0 bridgehead atoms.